The van der Waals surface area contributed by atoms with E-state index in [1.165, 1.54) is 100 Å². The van der Waals surface area contributed by atoms with Crippen molar-refractivity contribution in [1.82, 2.24) is 4.57 Å². The lowest BCUT2D eigenvalue weighted by Gasteiger charge is -2.24. The summed E-state index contributed by atoms with van der Waals surface area (Å²) in [5.74, 6) is 0. The monoisotopic (exact) mass is 379 g/mol. The van der Waals surface area contributed by atoms with Crippen molar-refractivity contribution >= 4 is 27.4 Å². The Morgan fingerprint density at radius 1 is 0.667 bits per heavy atom. The van der Waals surface area contributed by atoms with Gasteiger partial charge >= 0.3 is 0 Å². The van der Waals surface area contributed by atoms with Gasteiger partial charge in [0.2, 0.25) is 0 Å². The minimum atomic E-state index is 0. The summed E-state index contributed by atoms with van der Waals surface area (Å²) in [6.07, 6.45) is 20.1. The van der Waals surface area contributed by atoms with Gasteiger partial charge in [-0.2, -0.15) is 0 Å². The molecule has 0 radical (unpaired) electrons. The van der Waals surface area contributed by atoms with Crippen LogP contribution in [0.3, 0.4) is 0 Å². The van der Waals surface area contributed by atoms with Crippen LogP contribution in [0.25, 0.3) is 0 Å². The zero-order valence-corrected chi connectivity index (χ0v) is 19.0. The van der Waals surface area contributed by atoms with Gasteiger partial charge in [0, 0.05) is 6.04 Å². The lowest BCUT2D eigenvalue weighted by Crippen LogP contribution is -2.29. The van der Waals surface area contributed by atoms with E-state index in [0.29, 0.717) is 0 Å². The molecular formula is C18H42BrNSi. The molecule has 0 N–H and O–H groups in total. The summed E-state index contributed by atoms with van der Waals surface area (Å²) < 4.78 is 2.60. The van der Waals surface area contributed by atoms with Gasteiger partial charge in [-0.3, -0.25) is 0 Å². The van der Waals surface area contributed by atoms with E-state index in [1.54, 1.807) is 0 Å². The molecule has 0 bridgehead atoms. The minimum absolute atomic E-state index is 0. The SMILES string of the molecule is Br.CCCCCCCCC(CCCCCCCC)N(C)[SiH3]. The largest absolute Gasteiger partial charge is 0.332 e. The predicted octanol–water partition coefficient (Wildman–Crippen LogP) is 5.65. The Bertz CT molecular complexity index is 172. The van der Waals surface area contributed by atoms with Crippen molar-refractivity contribution < 1.29 is 0 Å². The number of hydrogen-bond acceptors (Lipinski definition) is 1. The van der Waals surface area contributed by atoms with Crippen molar-refractivity contribution in [1.29, 1.82) is 0 Å². The quantitative estimate of drug-likeness (QED) is 0.262. The maximum atomic E-state index is 2.60. The van der Waals surface area contributed by atoms with Crippen molar-refractivity contribution in [2.75, 3.05) is 7.05 Å². The van der Waals surface area contributed by atoms with Crippen LogP contribution in [0.2, 0.25) is 0 Å². The standard InChI is InChI=1S/C18H41NSi.BrH/c1-4-6-8-10-12-14-16-18(19(3)20)17-15-13-11-9-7-5-2;/h18H,4-17H2,1-3,20H3;1H. The molecule has 0 heterocycles. The van der Waals surface area contributed by atoms with E-state index >= 15 is 0 Å². The van der Waals surface area contributed by atoms with Crippen molar-refractivity contribution in [3.05, 3.63) is 0 Å². The molecule has 0 aromatic rings. The van der Waals surface area contributed by atoms with Crippen LogP contribution in [0, 0.1) is 0 Å². The van der Waals surface area contributed by atoms with Crippen molar-refractivity contribution in [3.8, 4) is 0 Å². The van der Waals surface area contributed by atoms with Gasteiger partial charge in [0.1, 0.15) is 0 Å². The van der Waals surface area contributed by atoms with E-state index in [1.807, 2.05) is 0 Å². The highest BCUT2D eigenvalue weighted by molar-refractivity contribution is 8.93. The zero-order chi connectivity index (χ0) is 15.1. The van der Waals surface area contributed by atoms with Gasteiger partial charge in [-0.1, -0.05) is 90.9 Å². The molecule has 0 saturated heterocycles. The van der Waals surface area contributed by atoms with Crippen molar-refractivity contribution in [2.24, 2.45) is 0 Å². The summed E-state index contributed by atoms with van der Waals surface area (Å²) in [6, 6.07) is 0.888. The van der Waals surface area contributed by atoms with Crippen molar-refractivity contribution in [3.63, 3.8) is 0 Å². The van der Waals surface area contributed by atoms with E-state index in [9.17, 15) is 0 Å². The Hall–Kier alpha value is 0.657. The first-order chi connectivity index (χ1) is 9.72. The summed E-state index contributed by atoms with van der Waals surface area (Å²) in [4.78, 5) is 0. The molecule has 0 fully saturated rings. The average molecular weight is 381 g/mol. The first-order valence-corrected chi connectivity index (χ1v) is 10.3. The smallest absolute Gasteiger partial charge is 0.0784 e. The molecule has 0 spiro atoms. The Morgan fingerprint density at radius 3 is 1.33 bits per heavy atom. The van der Waals surface area contributed by atoms with Crippen molar-refractivity contribution in [2.45, 2.75) is 110 Å². The van der Waals surface area contributed by atoms with E-state index in [4.69, 9.17) is 0 Å². The number of rotatable bonds is 15. The maximum absolute atomic E-state index is 2.60. The molecule has 0 aliphatic heterocycles. The molecule has 0 rings (SSSR count). The van der Waals surface area contributed by atoms with E-state index < -0.39 is 0 Å². The topological polar surface area (TPSA) is 3.24 Å². The van der Waals surface area contributed by atoms with Gasteiger partial charge in [-0.05, 0) is 19.9 Å². The highest BCUT2D eigenvalue weighted by atomic mass is 79.9. The highest BCUT2D eigenvalue weighted by Gasteiger charge is 2.10. The third kappa shape index (κ3) is 16.9. The third-order valence-electron chi connectivity index (χ3n) is 4.51. The fourth-order valence-corrected chi connectivity index (χ4v) is 3.50. The molecule has 1 nitrogen and oxygen atoms in total. The summed E-state index contributed by atoms with van der Waals surface area (Å²) >= 11 is 0. The fourth-order valence-electron chi connectivity index (χ4n) is 2.98. The highest BCUT2D eigenvalue weighted by Crippen LogP contribution is 2.16. The van der Waals surface area contributed by atoms with Crippen LogP contribution in [0.1, 0.15) is 104 Å². The predicted molar refractivity (Wildman–Crippen MR) is 108 cm³/mol. The molecule has 0 unspecified atom stereocenters. The van der Waals surface area contributed by atoms with E-state index in [0.717, 1.165) is 6.04 Å². The summed E-state index contributed by atoms with van der Waals surface area (Å²) in [6.45, 7) is 4.60. The summed E-state index contributed by atoms with van der Waals surface area (Å²) in [5.41, 5.74) is 0. The Kier molecular flexibility index (Phi) is 21.3. The van der Waals surface area contributed by atoms with Gasteiger partial charge in [0.15, 0.2) is 0 Å². The fraction of sp³-hybridized carbons (Fsp3) is 1.00. The second-order valence-corrected chi connectivity index (χ2v) is 8.14. The Labute approximate surface area is 148 Å². The number of unbranched alkanes of at least 4 members (excludes halogenated alkanes) is 10. The Morgan fingerprint density at radius 2 is 1.00 bits per heavy atom. The average Bonchev–Trinajstić information content (AvgIpc) is 2.43. The lowest BCUT2D eigenvalue weighted by atomic mass is 10.0. The zero-order valence-electron chi connectivity index (χ0n) is 15.3. The first-order valence-electron chi connectivity index (χ1n) is 9.38. The maximum Gasteiger partial charge on any atom is 0.0784 e. The van der Waals surface area contributed by atoms with Gasteiger partial charge < -0.3 is 4.57 Å². The first kappa shape index (κ1) is 23.9. The second kappa shape index (κ2) is 18.7. The molecule has 0 amide bonds. The van der Waals surface area contributed by atoms with Crippen LogP contribution in [0.5, 0.6) is 0 Å². The van der Waals surface area contributed by atoms with Crippen LogP contribution >= 0.6 is 17.0 Å². The molecule has 0 aromatic heterocycles. The number of halogens is 1. The molecule has 0 atom stereocenters. The molecule has 0 aliphatic rings. The number of nitrogens with zero attached hydrogens (tertiary/aromatic N) is 1. The van der Waals surface area contributed by atoms with Gasteiger partial charge in [0.25, 0.3) is 0 Å². The van der Waals surface area contributed by atoms with Gasteiger partial charge in [-0.15, -0.1) is 17.0 Å². The summed E-state index contributed by atoms with van der Waals surface area (Å²) in [7, 11) is 3.55. The van der Waals surface area contributed by atoms with E-state index in [2.05, 4.69) is 25.5 Å². The summed E-state index contributed by atoms with van der Waals surface area (Å²) in [5, 5.41) is 0. The van der Waals surface area contributed by atoms with Crippen LogP contribution in [0.15, 0.2) is 0 Å². The number of hydrogen-bond donors (Lipinski definition) is 0. The third-order valence-corrected chi connectivity index (χ3v) is 5.24. The Balaban J connectivity index is 0. The van der Waals surface area contributed by atoms with Gasteiger partial charge in [0.05, 0.1) is 10.4 Å². The van der Waals surface area contributed by atoms with Crippen LogP contribution < -0.4 is 0 Å². The van der Waals surface area contributed by atoms with Crippen LogP contribution in [-0.2, 0) is 0 Å². The molecular weight excluding hydrogens is 338 g/mol. The normalized spacial score (nSPS) is 11.3. The molecule has 3 heteroatoms. The molecule has 21 heavy (non-hydrogen) atoms. The van der Waals surface area contributed by atoms with Crippen LogP contribution in [0.4, 0.5) is 0 Å². The van der Waals surface area contributed by atoms with Crippen LogP contribution in [-0.4, -0.2) is 28.1 Å². The molecule has 130 valence electrons. The lowest BCUT2D eigenvalue weighted by molar-refractivity contribution is 0.327. The van der Waals surface area contributed by atoms with Gasteiger partial charge in [-0.25, -0.2) is 0 Å². The minimum Gasteiger partial charge on any atom is -0.332 e. The molecule has 0 saturated carbocycles. The second-order valence-electron chi connectivity index (χ2n) is 6.73. The van der Waals surface area contributed by atoms with E-state index in [-0.39, 0.29) is 17.0 Å². The molecule has 0 aliphatic carbocycles. The molecule has 0 aromatic carbocycles.